The van der Waals surface area contributed by atoms with E-state index in [-0.39, 0.29) is 30.2 Å². The van der Waals surface area contributed by atoms with Gasteiger partial charge in [0.2, 0.25) is 0 Å². The number of benzene rings is 1. The highest BCUT2D eigenvalue weighted by Crippen LogP contribution is 2.57. The third-order valence-electron chi connectivity index (χ3n) is 8.55. The van der Waals surface area contributed by atoms with Crippen molar-refractivity contribution in [1.82, 2.24) is 25.5 Å². The number of nitrogens with zero attached hydrogens (tertiary/aromatic N) is 5. The summed E-state index contributed by atoms with van der Waals surface area (Å²) in [5.41, 5.74) is 6.69. The van der Waals surface area contributed by atoms with Crippen LogP contribution in [-0.2, 0) is 0 Å². The lowest BCUT2D eigenvalue weighted by molar-refractivity contribution is -0.0439. The molecule has 0 spiro atoms. The minimum absolute atomic E-state index is 0.0149. The van der Waals surface area contributed by atoms with Crippen molar-refractivity contribution in [3.05, 3.63) is 30.0 Å². The zero-order chi connectivity index (χ0) is 25.9. The van der Waals surface area contributed by atoms with Crippen LogP contribution in [0.4, 0.5) is 11.6 Å². The smallest absolute Gasteiger partial charge is 0.319 e. The van der Waals surface area contributed by atoms with Gasteiger partial charge in [-0.15, -0.1) is 0 Å². The highest BCUT2D eigenvalue weighted by Gasteiger charge is 2.57. The summed E-state index contributed by atoms with van der Waals surface area (Å²) in [6, 6.07) is 9.98. The number of nitrogens with one attached hydrogen (secondary N) is 2. The van der Waals surface area contributed by atoms with Gasteiger partial charge >= 0.3 is 6.01 Å². The van der Waals surface area contributed by atoms with Gasteiger partial charge in [-0.05, 0) is 50.2 Å². The monoisotopic (exact) mass is 514 g/mol. The Bertz CT molecular complexity index is 1430. The second-order valence-electron chi connectivity index (χ2n) is 11.4. The first-order chi connectivity index (χ1) is 18.4. The molecule has 2 bridgehead atoms. The van der Waals surface area contributed by atoms with Crippen molar-refractivity contribution < 1.29 is 14.3 Å². The molecule has 11 heteroatoms. The van der Waals surface area contributed by atoms with Crippen molar-refractivity contribution >= 4 is 28.4 Å². The SMILES string of the molecule is N#CC1(COc2nc(C(=O)NC34CC(C3)C4)cc(N3CCC(Oc4cccc5[nH]nc(N)c45)CC3)n2)CC1. The number of carbonyl (C=O) groups is 1. The Morgan fingerprint density at radius 1 is 1.24 bits per heavy atom. The Kier molecular flexibility index (Phi) is 5.15. The number of H-pyrrole nitrogens is 1. The molecule has 1 amide bonds. The van der Waals surface area contributed by atoms with Gasteiger partial charge in [0.25, 0.3) is 5.91 Å². The minimum Gasteiger partial charge on any atom is -0.489 e. The lowest BCUT2D eigenvalue weighted by Gasteiger charge is -2.61. The first-order valence-electron chi connectivity index (χ1n) is 13.3. The number of amides is 1. The number of rotatable bonds is 8. The molecule has 0 atom stereocenters. The largest absolute Gasteiger partial charge is 0.489 e. The molecule has 1 aliphatic heterocycles. The van der Waals surface area contributed by atoms with E-state index in [0.29, 0.717) is 30.4 Å². The number of ether oxygens (including phenoxy) is 2. The number of nitrogens with two attached hydrogens (primary N) is 1. The number of carbonyl (C=O) groups excluding carboxylic acids is 1. The zero-order valence-electron chi connectivity index (χ0n) is 21.1. The molecular weight excluding hydrogens is 484 g/mol. The van der Waals surface area contributed by atoms with Gasteiger partial charge in [0.15, 0.2) is 5.82 Å². The van der Waals surface area contributed by atoms with Gasteiger partial charge in [0.1, 0.15) is 30.0 Å². The Morgan fingerprint density at radius 2 is 2.03 bits per heavy atom. The molecule has 0 radical (unpaired) electrons. The highest BCUT2D eigenvalue weighted by molar-refractivity contribution is 5.94. The van der Waals surface area contributed by atoms with E-state index in [0.717, 1.165) is 67.5 Å². The van der Waals surface area contributed by atoms with Crippen LogP contribution in [0.5, 0.6) is 11.8 Å². The third-order valence-corrected chi connectivity index (χ3v) is 8.55. The molecule has 38 heavy (non-hydrogen) atoms. The van der Waals surface area contributed by atoms with Gasteiger partial charge in [-0.3, -0.25) is 9.89 Å². The summed E-state index contributed by atoms with van der Waals surface area (Å²) in [6.45, 7) is 1.64. The van der Waals surface area contributed by atoms with Crippen LogP contribution in [0.25, 0.3) is 10.9 Å². The van der Waals surface area contributed by atoms with Crippen LogP contribution < -0.4 is 25.4 Å². The second kappa shape index (κ2) is 8.48. The summed E-state index contributed by atoms with van der Waals surface area (Å²) in [6.07, 6.45) is 6.35. The molecular formula is C27H30N8O3. The van der Waals surface area contributed by atoms with E-state index in [1.807, 2.05) is 18.2 Å². The van der Waals surface area contributed by atoms with Crippen LogP contribution in [0.3, 0.4) is 0 Å². The van der Waals surface area contributed by atoms with Crippen molar-refractivity contribution in [2.75, 3.05) is 30.3 Å². The number of hydrogen-bond donors (Lipinski definition) is 3. The van der Waals surface area contributed by atoms with E-state index in [1.54, 1.807) is 6.07 Å². The van der Waals surface area contributed by atoms with Gasteiger partial charge in [0, 0.05) is 37.5 Å². The van der Waals surface area contributed by atoms with Gasteiger partial charge in [0.05, 0.1) is 22.4 Å². The quantitative estimate of drug-likeness (QED) is 0.411. The molecule has 5 fully saturated rings. The molecule has 1 aromatic carbocycles. The van der Waals surface area contributed by atoms with Gasteiger partial charge < -0.3 is 25.4 Å². The summed E-state index contributed by atoms with van der Waals surface area (Å²) in [5, 5.41) is 20.4. The minimum atomic E-state index is -0.454. The first-order valence-corrected chi connectivity index (χ1v) is 13.3. The maximum atomic E-state index is 13.1. The number of anilines is 2. The predicted octanol–water partition coefficient (Wildman–Crippen LogP) is 2.95. The highest BCUT2D eigenvalue weighted by atomic mass is 16.5. The Morgan fingerprint density at radius 3 is 2.71 bits per heavy atom. The lowest BCUT2D eigenvalue weighted by atomic mass is 9.50. The molecule has 196 valence electrons. The number of hydrogen-bond acceptors (Lipinski definition) is 9. The molecule has 4 aliphatic carbocycles. The maximum absolute atomic E-state index is 13.1. The van der Waals surface area contributed by atoms with Gasteiger partial charge in [-0.25, -0.2) is 0 Å². The summed E-state index contributed by atoms with van der Waals surface area (Å²) in [4.78, 5) is 24.3. The van der Waals surface area contributed by atoms with Crippen LogP contribution in [0.15, 0.2) is 24.3 Å². The normalized spacial score (nSPS) is 25.1. The van der Waals surface area contributed by atoms with Gasteiger partial charge in [-0.2, -0.15) is 20.3 Å². The van der Waals surface area contributed by atoms with Crippen LogP contribution in [0.1, 0.15) is 55.4 Å². The fourth-order valence-electron chi connectivity index (χ4n) is 5.88. The van der Waals surface area contributed by atoms with E-state index in [4.69, 9.17) is 15.2 Å². The standard InChI is InChI=1S/C27H30N8O3/c28-14-26(6-7-26)15-37-25-30-19(24(36)32-27-11-16(12-27)13-27)10-21(31-25)35-8-4-17(5-9-35)38-20-3-1-2-18-22(20)23(29)34-33-18/h1-3,10,16-17H,4-9,11-13,15H2,(H,32,36)(H3,29,33,34). The number of aromatic nitrogens is 4. The van der Waals surface area contributed by atoms with Crippen molar-refractivity contribution in [2.24, 2.45) is 11.3 Å². The second-order valence-corrected chi connectivity index (χ2v) is 11.4. The van der Waals surface area contributed by atoms with Crippen LogP contribution in [-0.4, -0.2) is 57.4 Å². The summed E-state index contributed by atoms with van der Waals surface area (Å²) in [7, 11) is 0. The number of nitriles is 1. The topological polar surface area (TPSA) is 155 Å². The number of aromatic amines is 1. The van der Waals surface area contributed by atoms with Crippen LogP contribution >= 0.6 is 0 Å². The van der Waals surface area contributed by atoms with Crippen molar-refractivity contribution in [3.8, 4) is 17.8 Å². The van der Waals surface area contributed by atoms with E-state index < -0.39 is 5.41 Å². The molecule has 0 unspecified atom stereocenters. The van der Waals surface area contributed by atoms with E-state index in [9.17, 15) is 10.1 Å². The first kappa shape index (κ1) is 23.1. The number of nitrogen functional groups attached to an aromatic ring is 1. The molecule has 8 rings (SSSR count). The van der Waals surface area contributed by atoms with E-state index in [1.165, 1.54) is 0 Å². The molecule has 5 aliphatic rings. The molecule has 3 heterocycles. The molecule has 11 nitrogen and oxygen atoms in total. The molecule has 4 N–H and O–H groups in total. The molecule has 4 saturated carbocycles. The molecule has 3 aromatic rings. The maximum Gasteiger partial charge on any atom is 0.319 e. The number of fused-ring (bicyclic) bond motifs is 1. The Hall–Kier alpha value is -4.07. The molecule has 2 aromatic heterocycles. The predicted molar refractivity (Wildman–Crippen MR) is 139 cm³/mol. The average Bonchev–Trinajstić information content (AvgIpc) is 3.58. The van der Waals surface area contributed by atoms with E-state index in [2.05, 4.69) is 36.5 Å². The van der Waals surface area contributed by atoms with Crippen LogP contribution in [0, 0.1) is 22.7 Å². The fraction of sp³-hybridized carbons (Fsp3) is 0.519. The lowest BCUT2D eigenvalue weighted by Crippen LogP contribution is -2.68. The van der Waals surface area contributed by atoms with Gasteiger partial charge in [-0.1, -0.05) is 6.07 Å². The zero-order valence-corrected chi connectivity index (χ0v) is 21.1. The summed E-state index contributed by atoms with van der Waals surface area (Å²) >= 11 is 0. The fourth-order valence-corrected chi connectivity index (χ4v) is 5.88. The van der Waals surface area contributed by atoms with E-state index >= 15 is 0 Å². The van der Waals surface area contributed by atoms with Crippen LogP contribution in [0.2, 0.25) is 0 Å². The number of piperidine rings is 1. The van der Waals surface area contributed by atoms with Crippen molar-refractivity contribution in [2.45, 2.75) is 56.6 Å². The third kappa shape index (κ3) is 4.04. The Balaban J connectivity index is 1.06. The Labute approximate surface area is 219 Å². The molecule has 1 saturated heterocycles. The summed E-state index contributed by atoms with van der Waals surface area (Å²) < 4.78 is 12.2. The van der Waals surface area contributed by atoms with Crippen molar-refractivity contribution in [3.63, 3.8) is 0 Å². The summed E-state index contributed by atoms with van der Waals surface area (Å²) in [5.74, 6) is 2.37. The van der Waals surface area contributed by atoms with Crippen molar-refractivity contribution in [1.29, 1.82) is 5.26 Å². The average molecular weight is 515 g/mol.